The molecule has 0 fully saturated rings. The van der Waals surface area contributed by atoms with Crippen LogP contribution in [0.1, 0.15) is 18.1 Å². The van der Waals surface area contributed by atoms with Gasteiger partial charge in [0.2, 0.25) is 0 Å². The second-order valence-electron chi connectivity index (χ2n) is 5.88. The smallest absolute Gasteiger partial charge is 0.331 e. The Morgan fingerprint density at radius 1 is 1.04 bits per heavy atom. The van der Waals surface area contributed by atoms with Gasteiger partial charge in [0.1, 0.15) is 11.5 Å². The lowest BCUT2D eigenvalue weighted by atomic mass is 10.1. The zero-order chi connectivity index (χ0) is 19.8. The Bertz CT molecular complexity index is 827. The molecule has 0 aliphatic heterocycles. The predicted molar refractivity (Wildman–Crippen MR) is 104 cm³/mol. The summed E-state index contributed by atoms with van der Waals surface area (Å²) in [5, 5.41) is 2.70. The molecule has 2 aromatic carbocycles. The maximum Gasteiger partial charge on any atom is 0.331 e. The highest BCUT2D eigenvalue weighted by molar-refractivity contribution is 5.96. The van der Waals surface area contributed by atoms with E-state index in [2.05, 4.69) is 5.32 Å². The van der Waals surface area contributed by atoms with E-state index in [0.717, 1.165) is 5.56 Å². The first kappa shape index (κ1) is 20.0. The van der Waals surface area contributed by atoms with Gasteiger partial charge in [0.25, 0.3) is 5.91 Å². The molecule has 6 heteroatoms. The molecule has 6 nitrogen and oxygen atoms in total. The average molecular weight is 369 g/mol. The van der Waals surface area contributed by atoms with Crippen LogP contribution in [0.3, 0.4) is 0 Å². The van der Waals surface area contributed by atoms with E-state index in [0.29, 0.717) is 22.7 Å². The molecule has 1 amide bonds. The molecule has 2 aromatic rings. The fourth-order valence-electron chi connectivity index (χ4n) is 2.26. The third-order valence-electron chi connectivity index (χ3n) is 3.82. The average Bonchev–Trinajstić information content (AvgIpc) is 2.67. The number of esters is 1. The zero-order valence-corrected chi connectivity index (χ0v) is 15.8. The SMILES string of the molecule is COc1ccc(/C=C/C(=O)O[C@H](C)C(=O)Nc2ccc(C)cc2)c(OC)c1. The summed E-state index contributed by atoms with van der Waals surface area (Å²) in [7, 11) is 3.09. The van der Waals surface area contributed by atoms with Gasteiger partial charge in [0, 0.05) is 23.4 Å². The number of hydrogen-bond donors (Lipinski definition) is 1. The minimum Gasteiger partial charge on any atom is -0.497 e. The van der Waals surface area contributed by atoms with E-state index in [1.807, 2.05) is 19.1 Å². The lowest BCUT2D eigenvalue weighted by Crippen LogP contribution is -2.29. The summed E-state index contributed by atoms with van der Waals surface area (Å²) in [5.74, 6) is 0.179. The van der Waals surface area contributed by atoms with Crippen molar-refractivity contribution in [2.45, 2.75) is 20.0 Å². The Labute approximate surface area is 158 Å². The van der Waals surface area contributed by atoms with E-state index in [-0.39, 0.29) is 0 Å². The number of amides is 1. The van der Waals surface area contributed by atoms with Crippen LogP contribution in [0.15, 0.2) is 48.5 Å². The second kappa shape index (κ2) is 9.43. The molecule has 27 heavy (non-hydrogen) atoms. The van der Waals surface area contributed by atoms with E-state index in [4.69, 9.17) is 14.2 Å². The highest BCUT2D eigenvalue weighted by Gasteiger charge is 2.16. The van der Waals surface area contributed by atoms with Crippen molar-refractivity contribution in [2.24, 2.45) is 0 Å². The zero-order valence-electron chi connectivity index (χ0n) is 15.8. The molecule has 1 atom stereocenters. The van der Waals surface area contributed by atoms with E-state index < -0.39 is 18.0 Å². The van der Waals surface area contributed by atoms with Crippen molar-refractivity contribution >= 4 is 23.6 Å². The van der Waals surface area contributed by atoms with Gasteiger partial charge in [-0.25, -0.2) is 4.79 Å². The molecule has 1 N–H and O–H groups in total. The first-order valence-electron chi connectivity index (χ1n) is 8.41. The van der Waals surface area contributed by atoms with Crippen molar-refractivity contribution in [2.75, 3.05) is 19.5 Å². The molecule has 0 saturated carbocycles. The van der Waals surface area contributed by atoms with Crippen molar-refractivity contribution in [3.63, 3.8) is 0 Å². The summed E-state index contributed by atoms with van der Waals surface area (Å²) in [6, 6.07) is 12.6. The minimum atomic E-state index is -0.929. The first-order chi connectivity index (χ1) is 12.9. The third kappa shape index (κ3) is 5.88. The van der Waals surface area contributed by atoms with E-state index in [9.17, 15) is 9.59 Å². The number of anilines is 1. The van der Waals surface area contributed by atoms with Crippen LogP contribution in [0.25, 0.3) is 6.08 Å². The van der Waals surface area contributed by atoms with E-state index in [1.165, 1.54) is 20.1 Å². The summed E-state index contributed by atoms with van der Waals surface area (Å²) in [6.45, 7) is 3.48. The molecule has 0 aliphatic carbocycles. The van der Waals surface area contributed by atoms with Gasteiger partial charge in [-0.1, -0.05) is 17.7 Å². The van der Waals surface area contributed by atoms with Crippen LogP contribution in [0.5, 0.6) is 11.5 Å². The topological polar surface area (TPSA) is 73.9 Å². The van der Waals surface area contributed by atoms with Crippen molar-refractivity contribution < 1.29 is 23.8 Å². The molecule has 0 spiro atoms. The Morgan fingerprint density at radius 3 is 2.37 bits per heavy atom. The molecule has 0 aliphatic rings. The molecule has 0 aromatic heterocycles. The first-order valence-corrected chi connectivity index (χ1v) is 8.41. The van der Waals surface area contributed by atoms with E-state index in [1.54, 1.807) is 43.5 Å². The van der Waals surface area contributed by atoms with Gasteiger partial charge in [-0.05, 0) is 44.2 Å². The van der Waals surface area contributed by atoms with Gasteiger partial charge < -0.3 is 19.5 Å². The van der Waals surface area contributed by atoms with Crippen molar-refractivity contribution in [3.05, 3.63) is 59.7 Å². The monoisotopic (exact) mass is 369 g/mol. The van der Waals surface area contributed by atoms with Gasteiger partial charge >= 0.3 is 5.97 Å². The largest absolute Gasteiger partial charge is 0.497 e. The number of methoxy groups -OCH3 is 2. The molecule has 0 heterocycles. The summed E-state index contributed by atoms with van der Waals surface area (Å²) in [4.78, 5) is 24.1. The highest BCUT2D eigenvalue weighted by atomic mass is 16.5. The summed E-state index contributed by atoms with van der Waals surface area (Å²) in [6.07, 6.45) is 1.88. The van der Waals surface area contributed by atoms with Crippen LogP contribution >= 0.6 is 0 Å². The fraction of sp³-hybridized carbons (Fsp3) is 0.238. The summed E-state index contributed by atoms with van der Waals surface area (Å²) < 4.78 is 15.5. The minimum absolute atomic E-state index is 0.400. The Hall–Kier alpha value is -3.28. The van der Waals surface area contributed by atoms with Gasteiger partial charge in [0.15, 0.2) is 6.10 Å². The number of benzene rings is 2. The van der Waals surface area contributed by atoms with E-state index >= 15 is 0 Å². The molecule has 0 radical (unpaired) electrons. The van der Waals surface area contributed by atoms with Gasteiger partial charge in [-0.15, -0.1) is 0 Å². The van der Waals surface area contributed by atoms with Crippen molar-refractivity contribution in [3.8, 4) is 11.5 Å². The number of aryl methyl sites for hydroxylation is 1. The maximum atomic E-state index is 12.1. The van der Waals surface area contributed by atoms with Crippen LogP contribution in [0.2, 0.25) is 0 Å². The molecule has 2 rings (SSSR count). The number of rotatable bonds is 7. The van der Waals surface area contributed by atoms with Crippen LogP contribution in [-0.4, -0.2) is 32.2 Å². The fourth-order valence-corrected chi connectivity index (χ4v) is 2.26. The normalized spacial score (nSPS) is 11.7. The molecular formula is C21H23NO5. The maximum absolute atomic E-state index is 12.1. The van der Waals surface area contributed by atoms with Crippen molar-refractivity contribution in [1.82, 2.24) is 0 Å². The standard InChI is InChI=1S/C21H23NO5/c1-14-5-9-17(10-6-14)22-21(24)15(2)27-20(23)12-8-16-7-11-18(25-3)13-19(16)26-4/h5-13,15H,1-4H3,(H,22,24)/b12-8+/t15-/m1/s1. The number of hydrogen-bond acceptors (Lipinski definition) is 5. The lowest BCUT2D eigenvalue weighted by molar-refractivity contribution is -0.148. The third-order valence-corrected chi connectivity index (χ3v) is 3.82. The van der Waals surface area contributed by atoms with Gasteiger partial charge in [0.05, 0.1) is 14.2 Å². The number of carbonyl (C=O) groups excluding carboxylic acids is 2. The molecular weight excluding hydrogens is 346 g/mol. The Kier molecular flexibility index (Phi) is 7.00. The molecule has 0 saturated heterocycles. The molecule has 142 valence electrons. The summed E-state index contributed by atoms with van der Waals surface area (Å²) >= 11 is 0. The number of carbonyl (C=O) groups is 2. The highest BCUT2D eigenvalue weighted by Crippen LogP contribution is 2.25. The van der Waals surface area contributed by atoms with Crippen LogP contribution < -0.4 is 14.8 Å². The lowest BCUT2D eigenvalue weighted by Gasteiger charge is -2.12. The van der Waals surface area contributed by atoms with Crippen molar-refractivity contribution in [1.29, 1.82) is 0 Å². The molecule has 0 bridgehead atoms. The van der Waals surface area contributed by atoms with Crippen LogP contribution in [0, 0.1) is 6.92 Å². The quantitative estimate of drug-likeness (QED) is 0.596. The van der Waals surface area contributed by atoms with Gasteiger partial charge in [-0.2, -0.15) is 0 Å². The van der Waals surface area contributed by atoms with Crippen LogP contribution in [-0.2, 0) is 14.3 Å². The predicted octanol–water partition coefficient (Wildman–Crippen LogP) is 3.60. The number of nitrogens with one attached hydrogen (secondary N) is 1. The number of ether oxygens (including phenoxy) is 3. The second-order valence-corrected chi connectivity index (χ2v) is 5.88. The Balaban J connectivity index is 1.95. The Morgan fingerprint density at radius 2 is 1.74 bits per heavy atom. The van der Waals surface area contributed by atoms with Gasteiger partial charge in [-0.3, -0.25) is 4.79 Å². The van der Waals surface area contributed by atoms with Crippen LogP contribution in [0.4, 0.5) is 5.69 Å². The summed E-state index contributed by atoms with van der Waals surface area (Å²) in [5.41, 5.74) is 2.42. The molecule has 0 unspecified atom stereocenters.